The zero-order chi connectivity index (χ0) is 30.7. The molecule has 4 bridgehead atoms. The van der Waals surface area contributed by atoms with Gasteiger partial charge in [-0.05, 0) is 79.3 Å². The summed E-state index contributed by atoms with van der Waals surface area (Å²) in [5, 5.41) is 0. The van der Waals surface area contributed by atoms with Crippen molar-refractivity contribution < 1.29 is 27.5 Å². The number of benzene rings is 3. The molecule has 42 heavy (non-hydrogen) atoms. The van der Waals surface area contributed by atoms with Crippen molar-refractivity contribution in [1.82, 2.24) is 4.90 Å². The largest absolute Gasteiger partial charge is 0.497 e. The van der Waals surface area contributed by atoms with Crippen LogP contribution >= 0.6 is 0 Å². The number of nitrogens with two attached hydrogens (primary N) is 1. The minimum Gasteiger partial charge on any atom is -0.497 e. The van der Waals surface area contributed by atoms with Gasteiger partial charge in [0.15, 0.2) is 0 Å². The number of carbonyl (C=O) groups excluding carboxylic acids is 2. The molecule has 2 atom stereocenters. The average Bonchev–Trinajstić information content (AvgIpc) is 2.96. The number of fused-ring (bicyclic) bond motifs is 4. The van der Waals surface area contributed by atoms with Crippen molar-refractivity contribution in [2.24, 2.45) is 5.73 Å². The van der Waals surface area contributed by atoms with E-state index in [-0.39, 0.29) is 29.8 Å². The van der Waals surface area contributed by atoms with Gasteiger partial charge in [-0.2, -0.15) is 0 Å². The van der Waals surface area contributed by atoms with Crippen LogP contribution in [0.15, 0.2) is 66.7 Å². The second kappa shape index (κ2) is 12.5. The Morgan fingerprint density at radius 3 is 2.45 bits per heavy atom. The molecule has 0 spiro atoms. The van der Waals surface area contributed by atoms with Gasteiger partial charge in [0, 0.05) is 25.6 Å². The molecule has 10 heteroatoms. The molecule has 1 aliphatic heterocycles. The highest BCUT2D eigenvalue weighted by molar-refractivity contribution is 7.92. The molecule has 2 N–H and O–H groups in total. The molecule has 0 fully saturated rings. The minimum absolute atomic E-state index is 0.178. The van der Waals surface area contributed by atoms with Gasteiger partial charge in [0.05, 0.1) is 25.1 Å². The molecule has 3 aromatic rings. The summed E-state index contributed by atoms with van der Waals surface area (Å²) in [6.07, 6.45) is 2.77. The van der Waals surface area contributed by atoms with Crippen LogP contribution in [0.1, 0.15) is 58.9 Å². The predicted molar refractivity (Wildman–Crippen MR) is 163 cm³/mol. The topological polar surface area (TPSA) is 119 Å². The van der Waals surface area contributed by atoms with Gasteiger partial charge in [-0.25, -0.2) is 8.42 Å². The fourth-order valence-corrected chi connectivity index (χ4v) is 5.62. The number of methoxy groups -OCH3 is 1. The van der Waals surface area contributed by atoms with Crippen LogP contribution in [0.3, 0.4) is 0 Å². The second-order valence-corrected chi connectivity index (χ2v) is 13.2. The van der Waals surface area contributed by atoms with Crippen LogP contribution < -0.4 is 14.8 Å². The zero-order valence-electron chi connectivity index (χ0n) is 24.8. The third-order valence-electron chi connectivity index (χ3n) is 7.65. The van der Waals surface area contributed by atoms with Crippen molar-refractivity contribution in [3.8, 4) is 5.75 Å². The Morgan fingerprint density at radius 2 is 1.74 bits per heavy atom. The molecule has 9 nitrogen and oxygen atoms in total. The molecule has 1 heterocycles. The summed E-state index contributed by atoms with van der Waals surface area (Å²) in [4.78, 5) is 29.1. The molecule has 3 aromatic carbocycles. The molecule has 0 saturated heterocycles. The van der Waals surface area contributed by atoms with Crippen molar-refractivity contribution in [1.29, 1.82) is 0 Å². The second-order valence-electron chi connectivity index (χ2n) is 11.2. The molecule has 0 saturated carbocycles. The molecular formula is C32H39N3O6S. The Hall–Kier alpha value is -3.89. The molecule has 4 rings (SSSR count). The number of cyclic esters (lactones) is 1. The lowest BCUT2D eigenvalue weighted by Gasteiger charge is -2.31. The van der Waals surface area contributed by atoms with Crippen molar-refractivity contribution in [3.63, 3.8) is 0 Å². The zero-order valence-corrected chi connectivity index (χ0v) is 25.6. The first kappa shape index (κ1) is 31.1. The van der Waals surface area contributed by atoms with Crippen molar-refractivity contribution in [3.05, 3.63) is 94.5 Å². The highest BCUT2D eigenvalue weighted by Gasteiger charge is 2.31. The SMILES string of the molecule is COc1cccc([C@@H](C)N2CCCc3cccc(c3)CC(C)(N)C(=O)OCc3cc(cc(N(C)S(C)(=O)=O)c3)C2=O)c1. The summed E-state index contributed by atoms with van der Waals surface area (Å²) in [6.45, 7) is 3.87. The van der Waals surface area contributed by atoms with Gasteiger partial charge in [-0.1, -0.05) is 36.4 Å². The van der Waals surface area contributed by atoms with Crippen LogP contribution in [0.5, 0.6) is 5.75 Å². The van der Waals surface area contributed by atoms with Gasteiger partial charge in [-0.15, -0.1) is 0 Å². The van der Waals surface area contributed by atoms with Crippen molar-refractivity contribution in [2.45, 2.75) is 51.3 Å². The van der Waals surface area contributed by atoms with E-state index in [0.717, 1.165) is 27.3 Å². The summed E-state index contributed by atoms with van der Waals surface area (Å²) in [7, 11) is -0.615. The minimum atomic E-state index is -3.63. The standard InChI is InChI=1S/C32H39N3O6S/c1-22(26-12-7-13-29(19-26)40-4)35-14-8-11-23-9-6-10-24(15-23)20-32(2,33)31(37)41-21-25-16-27(30(35)36)18-28(17-25)34(3)42(5,38)39/h6-7,9-10,12-13,15-19,22H,8,11,14,20-21,33H2,1-5H3/t22-,32?/m1/s1. The number of sulfonamides is 1. The van der Waals surface area contributed by atoms with E-state index in [1.807, 2.05) is 55.5 Å². The number of hydrogen-bond acceptors (Lipinski definition) is 7. The highest BCUT2D eigenvalue weighted by Crippen LogP contribution is 2.29. The maximum absolute atomic E-state index is 14.2. The van der Waals surface area contributed by atoms with E-state index in [1.165, 1.54) is 7.05 Å². The Bertz CT molecular complexity index is 1570. The number of aryl methyl sites for hydroxylation is 1. The summed E-state index contributed by atoms with van der Waals surface area (Å²) in [5.74, 6) is -0.181. The molecule has 0 aliphatic carbocycles. The predicted octanol–water partition coefficient (Wildman–Crippen LogP) is 4.24. The monoisotopic (exact) mass is 593 g/mol. The first-order chi connectivity index (χ1) is 19.8. The molecule has 224 valence electrons. The van der Waals surface area contributed by atoms with E-state index >= 15 is 0 Å². The number of esters is 1. The maximum atomic E-state index is 14.2. The number of ether oxygens (including phenoxy) is 2. The molecular weight excluding hydrogens is 554 g/mol. The average molecular weight is 594 g/mol. The number of rotatable bonds is 5. The fourth-order valence-electron chi connectivity index (χ4n) is 5.13. The Balaban J connectivity index is 1.81. The number of amides is 1. The van der Waals surface area contributed by atoms with Crippen LogP contribution in [0.4, 0.5) is 5.69 Å². The van der Waals surface area contributed by atoms with Crippen LogP contribution in [-0.4, -0.2) is 57.7 Å². The number of nitrogens with zero attached hydrogens (tertiary/aromatic N) is 2. The first-order valence-electron chi connectivity index (χ1n) is 13.9. The van der Waals surface area contributed by atoms with Crippen LogP contribution in [0, 0.1) is 0 Å². The lowest BCUT2D eigenvalue weighted by atomic mass is 9.92. The summed E-state index contributed by atoms with van der Waals surface area (Å²) < 4.78 is 37.0. The Morgan fingerprint density at radius 1 is 1.02 bits per heavy atom. The first-order valence-corrected chi connectivity index (χ1v) is 15.7. The van der Waals surface area contributed by atoms with Gasteiger partial charge < -0.3 is 20.1 Å². The molecule has 1 unspecified atom stereocenters. The summed E-state index contributed by atoms with van der Waals surface area (Å²) in [6, 6.07) is 20.0. The van der Waals surface area contributed by atoms with E-state index < -0.39 is 21.5 Å². The number of hydrogen-bond donors (Lipinski definition) is 1. The molecule has 1 aliphatic rings. The van der Waals surface area contributed by atoms with Crippen LogP contribution in [-0.2, 0) is 39.0 Å². The number of carbonyl (C=O) groups is 2. The quantitative estimate of drug-likeness (QED) is 0.440. The van der Waals surface area contributed by atoms with E-state index in [9.17, 15) is 18.0 Å². The van der Waals surface area contributed by atoms with E-state index in [1.54, 1.807) is 37.1 Å². The maximum Gasteiger partial charge on any atom is 0.326 e. The third-order valence-corrected chi connectivity index (χ3v) is 8.86. The van der Waals surface area contributed by atoms with Gasteiger partial charge in [0.2, 0.25) is 10.0 Å². The van der Waals surface area contributed by atoms with E-state index in [0.29, 0.717) is 37.1 Å². The van der Waals surface area contributed by atoms with Gasteiger partial charge in [0.25, 0.3) is 5.91 Å². The smallest absolute Gasteiger partial charge is 0.326 e. The summed E-state index contributed by atoms with van der Waals surface area (Å²) >= 11 is 0. The third kappa shape index (κ3) is 7.30. The Labute approximate surface area is 248 Å². The van der Waals surface area contributed by atoms with E-state index in [4.69, 9.17) is 15.2 Å². The Kier molecular flexibility index (Phi) is 9.27. The van der Waals surface area contributed by atoms with E-state index in [2.05, 4.69) is 0 Å². The lowest BCUT2D eigenvalue weighted by molar-refractivity contribution is -0.150. The lowest BCUT2D eigenvalue weighted by Crippen LogP contribution is -2.48. The summed E-state index contributed by atoms with van der Waals surface area (Å²) in [5.41, 5.74) is 9.06. The van der Waals surface area contributed by atoms with Gasteiger partial charge in [0.1, 0.15) is 17.9 Å². The van der Waals surface area contributed by atoms with Gasteiger partial charge in [-0.3, -0.25) is 13.9 Å². The van der Waals surface area contributed by atoms with Crippen molar-refractivity contribution in [2.75, 3.05) is 31.3 Å². The van der Waals surface area contributed by atoms with Crippen LogP contribution in [0.2, 0.25) is 0 Å². The van der Waals surface area contributed by atoms with Crippen molar-refractivity contribution >= 4 is 27.6 Å². The number of anilines is 1. The van der Waals surface area contributed by atoms with Crippen LogP contribution in [0.25, 0.3) is 0 Å². The fraction of sp³-hybridized carbons (Fsp3) is 0.375. The molecule has 0 radical (unpaired) electrons. The molecule has 1 amide bonds. The molecule has 0 aromatic heterocycles. The highest BCUT2D eigenvalue weighted by atomic mass is 32.2. The van der Waals surface area contributed by atoms with Gasteiger partial charge >= 0.3 is 5.97 Å². The normalized spacial score (nSPS) is 19.1.